The number of fused-ring (bicyclic) bond motifs is 2. The van der Waals surface area contributed by atoms with Crippen molar-refractivity contribution in [1.29, 1.82) is 0 Å². The maximum absolute atomic E-state index is 13.6. The zero-order chi connectivity index (χ0) is 31.9. The van der Waals surface area contributed by atoms with Crippen LogP contribution in [0.15, 0.2) is 53.4 Å². The van der Waals surface area contributed by atoms with Crippen LogP contribution >= 0.6 is 0 Å². The highest BCUT2D eigenvalue weighted by atomic mass is 32.2. The molecule has 0 spiro atoms. The fraction of sp³-hybridized carbons (Fsp3) is 0.600. The van der Waals surface area contributed by atoms with E-state index in [2.05, 4.69) is 24.5 Å². The van der Waals surface area contributed by atoms with Gasteiger partial charge in [0.15, 0.2) is 9.84 Å². The number of sulfone groups is 1. The third kappa shape index (κ3) is 9.54. The van der Waals surface area contributed by atoms with Crippen LogP contribution in [0.5, 0.6) is 5.75 Å². The highest BCUT2D eigenvalue weighted by Crippen LogP contribution is 2.44. The number of nitrogens with one attached hydrogen (secondary N) is 2. The highest BCUT2D eigenvalue weighted by molar-refractivity contribution is 7.90. The van der Waals surface area contributed by atoms with E-state index in [0.29, 0.717) is 43.0 Å². The summed E-state index contributed by atoms with van der Waals surface area (Å²) in [6.07, 6.45) is 7.56. The molecule has 2 aliphatic carbocycles. The molecule has 4 rings (SSSR count). The van der Waals surface area contributed by atoms with Crippen molar-refractivity contribution in [3.63, 3.8) is 0 Å². The normalized spacial score (nSPS) is 21.5. The molecule has 3 unspecified atom stereocenters. The van der Waals surface area contributed by atoms with Gasteiger partial charge in [0.1, 0.15) is 5.75 Å². The van der Waals surface area contributed by atoms with Crippen LogP contribution in [0, 0.1) is 23.7 Å². The first-order valence-electron chi connectivity index (χ1n) is 16.2. The number of ether oxygens (including phenoxy) is 1. The third-order valence-corrected chi connectivity index (χ3v) is 10.3. The Balaban J connectivity index is 1.55. The van der Waals surface area contributed by atoms with Crippen molar-refractivity contribution >= 4 is 21.7 Å². The van der Waals surface area contributed by atoms with Gasteiger partial charge < -0.3 is 20.5 Å². The van der Waals surface area contributed by atoms with Gasteiger partial charge in [0.2, 0.25) is 5.91 Å². The third-order valence-electron chi connectivity index (χ3n) is 9.18. The van der Waals surface area contributed by atoms with Gasteiger partial charge in [-0.05, 0) is 86.5 Å². The molecule has 242 valence electrons. The molecule has 8 nitrogen and oxygen atoms in total. The second-order valence-corrected chi connectivity index (χ2v) is 15.4. The Kier molecular flexibility index (Phi) is 11.9. The largest absolute Gasteiger partial charge is 0.494 e. The van der Waals surface area contributed by atoms with Crippen molar-refractivity contribution in [3.05, 3.63) is 59.7 Å². The fourth-order valence-electron chi connectivity index (χ4n) is 6.69. The maximum atomic E-state index is 13.6. The van der Waals surface area contributed by atoms with Crippen LogP contribution in [0.3, 0.4) is 0 Å². The molecule has 0 radical (unpaired) electrons. The molecule has 2 aromatic carbocycles. The molecular formula is C35H50N2O6S. The first kappa shape index (κ1) is 34.0. The standard InChI is InChI=1S/C35H50N2O6S/c1-5-15-43-29-19-28(20-30(22-29)44(4,41)42)35(40)37-32(17-24-9-7-6-8-10-24)33(38)21-27(13-11-23(2)3)34(39)36-31-18-25-12-14-26(31)16-25/h6-10,19-20,22-23,25-27,31-33,38H,5,11-18,21H2,1-4H3,(H,36,39)(H,37,40)/t25?,26?,27-,31?,32+,33+/m1/s1. The summed E-state index contributed by atoms with van der Waals surface area (Å²) < 4.78 is 30.5. The Bertz CT molecular complexity index is 1360. The minimum absolute atomic E-state index is 0.00870. The first-order chi connectivity index (χ1) is 20.9. The SMILES string of the molecule is CCCOc1cc(C(=O)N[C@@H](Cc2ccccc2)[C@@H](O)C[C@@H](CCC(C)C)C(=O)NC2CC3CCC2C3)cc(S(C)(=O)=O)c1. The molecule has 2 fully saturated rings. The predicted molar refractivity (Wildman–Crippen MR) is 172 cm³/mol. The predicted octanol–water partition coefficient (Wildman–Crippen LogP) is 5.33. The minimum atomic E-state index is -3.61. The maximum Gasteiger partial charge on any atom is 0.251 e. The van der Waals surface area contributed by atoms with Gasteiger partial charge in [-0.3, -0.25) is 9.59 Å². The number of hydrogen-bond donors (Lipinski definition) is 3. The van der Waals surface area contributed by atoms with Crippen LogP contribution in [0.4, 0.5) is 0 Å². The Morgan fingerprint density at radius 1 is 1.05 bits per heavy atom. The van der Waals surface area contributed by atoms with Crippen LogP contribution in [0.1, 0.15) is 88.1 Å². The summed E-state index contributed by atoms with van der Waals surface area (Å²) in [5, 5.41) is 18.0. The van der Waals surface area contributed by atoms with E-state index in [1.165, 1.54) is 37.5 Å². The fourth-order valence-corrected chi connectivity index (χ4v) is 7.36. The van der Waals surface area contributed by atoms with E-state index >= 15 is 0 Å². The van der Waals surface area contributed by atoms with Gasteiger partial charge in [0.25, 0.3) is 5.91 Å². The number of rotatable bonds is 16. The Morgan fingerprint density at radius 2 is 1.80 bits per heavy atom. The molecule has 2 saturated carbocycles. The molecule has 2 bridgehead atoms. The van der Waals surface area contributed by atoms with Crippen LogP contribution < -0.4 is 15.4 Å². The van der Waals surface area contributed by atoms with Crippen molar-refractivity contribution in [3.8, 4) is 5.75 Å². The smallest absolute Gasteiger partial charge is 0.251 e. The van der Waals surface area contributed by atoms with Crippen molar-refractivity contribution in [2.45, 2.75) is 102 Å². The van der Waals surface area contributed by atoms with Gasteiger partial charge >= 0.3 is 0 Å². The summed E-state index contributed by atoms with van der Waals surface area (Å²) in [5.74, 6) is 1.07. The molecule has 0 aromatic heterocycles. The van der Waals surface area contributed by atoms with E-state index in [1.807, 2.05) is 37.3 Å². The van der Waals surface area contributed by atoms with Crippen LogP contribution in [0.25, 0.3) is 0 Å². The summed E-state index contributed by atoms with van der Waals surface area (Å²) in [5.41, 5.74) is 1.06. The van der Waals surface area contributed by atoms with Crippen LogP contribution in [0.2, 0.25) is 0 Å². The lowest BCUT2D eigenvalue weighted by Gasteiger charge is -2.30. The van der Waals surface area contributed by atoms with Crippen LogP contribution in [-0.2, 0) is 21.1 Å². The number of carbonyl (C=O) groups is 2. The van der Waals surface area contributed by atoms with E-state index in [9.17, 15) is 23.1 Å². The number of hydrogen-bond acceptors (Lipinski definition) is 6. The summed E-state index contributed by atoms with van der Waals surface area (Å²) in [4.78, 5) is 27.3. The number of carbonyl (C=O) groups excluding carboxylic acids is 2. The van der Waals surface area contributed by atoms with Crippen molar-refractivity contribution in [1.82, 2.24) is 10.6 Å². The highest BCUT2D eigenvalue weighted by Gasteiger charge is 2.41. The Morgan fingerprint density at radius 3 is 2.41 bits per heavy atom. The van der Waals surface area contributed by atoms with Gasteiger partial charge in [-0.1, -0.05) is 63.9 Å². The van der Waals surface area contributed by atoms with Gasteiger partial charge in [0.05, 0.1) is 23.6 Å². The van der Waals surface area contributed by atoms with Crippen molar-refractivity contribution in [2.75, 3.05) is 12.9 Å². The lowest BCUT2D eigenvalue weighted by atomic mass is 9.87. The second kappa shape index (κ2) is 15.4. The molecule has 9 heteroatoms. The molecule has 2 aromatic rings. The zero-order valence-electron chi connectivity index (χ0n) is 26.6. The Labute approximate surface area is 263 Å². The first-order valence-corrected chi connectivity index (χ1v) is 18.1. The molecule has 2 aliphatic rings. The zero-order valence-corrected chi connectivity index (χ0v) is 27.4. The Hall–Kier alpha value is -2.91. The molecule has 6 atom stereocenters. The molecule has 0 saturated heterocycles. The summed E-state index contributed by atoms with van der Waals surface area (Å²) in [6, 6.07) is 13.4. The van der Waals surface area contributed by atoms with Crippen molar-refractivity contribution in [2.24, 2.45) is 23.7 Å². The number of aliphatic hydroxyl groups is 1. The minimum Gasteiger partial charge on any atom is -0.494 e. The van der Waals surface area contributed by atoms with E-state index in [0.717, 1.165) is 31.1 Å². The van der Waals surface area contributed by atoms with E-state index < -0.39 is 27.9 Å². The van der Waals surface area contributed by atoms with Crippen LogP contribution in [-0.4, -0.2) is 56.4 Å². The second-order valence-electron chi connectivity index (χ2n) is 13.3. The van der Waals surface area contributed by atoms with Gasteiger partial charge in [-0.25, -0.2) is 8.42 Å². The van der Waals surface area contributed by atoms with E-state index in [4.69, 9.17) is 4.74 Å². The lowest BCUT2D eigenvalue weighted by molar-refractivity contribution is -0.127. The molecule has 0 aliphatic heterocycles. The lowest BCUT2D eigenvalue weighted by Crippen LogP contribution is -2.48. The number of benzene rings is 2. The number of amides is 2. The van der Waals surface area contributed by atoms with Gasteiger partial charge in [0, 0.05) is 23.8 Å². The summed E-state index contributed by atoms with van der Waals surface area (Å²) in [6.45, 7) is 6.58. The quantitative estimate of drug-likeness (QED) is 0.232. The average Bonchev–Trinajstić information content (AvgIpc) is 3.61. The molecule has 0 heterocycles. The monoisotopic (exact) mass is 626 g/mol. The topological polar surface area (TPSA) is 122 Å². The average molecular weight is 627 g/mol. The number of aliphatic hydroxyl groups excluding tert-OH is 1. The molecule has 44 heavy (non-hydrogen) atoms. The molecule has 2 amide bonds. The van der Waals surface area contributed by atoms with Gasteiger partial charge in [-0.15, -0.1) is 0 Å². The van der Waals surface area contributed by atoms with E-state index in [1.54, 1.807) is 0 Å². The summed E-state index contributed by atoms with van der Waals surface area (Å²) in [7, 11) is -3.61. The van der Waals surface area contributed by atoms with Crippen molar-refractivity contribution < 1.29 is 27.9 Å². The van der Waals surface area contributed by atoms with E-state index in [-0.39, 0.29) is 34.7 Å². The molecular weight excluding hydrogens is 576 g/mol. The summed E-state index contributed by atoms with van der Waals surface area (Å²) >= 11 is 0. The molecule has 3 N–H and O–H groups in total. The van der Waals surface area contributed by atoms with Gasteiger partial charge in [-0.2, -0.15) is 0 Å².